The average Bonchev–Trinajstić information content (AvgIpc) is 2.86. The van der Waals surface area contributed by atoms with Crippen molar-refractivity contribution in [2.45, 2.75) is 37.8 Å². The molecule has 0 saturated heterocycles. The second kappa shape index (κ2) is 9.02. The second-order valence-corrected chi connectivity index (χ2v) is 8.68. The summed E-state index contributed by atoms with van der Waals surface area (Å²) in [6.45, 7) is 0. The fraction of sp³-hybridized carbons (Fsp3) is 0.222. The zero-order valence-corrected chi connectivity index (χ0v) is 19.0. The minimum absolute atomic E-state index is 0.0975. The third-order valence-corrected chi connectivity index (χ3v) is 6.46. The van der Waals surface area contributed by atoms with E-state index in [-0.39, 0.29) is 11.9 Å². The number of para-hydroxylation sites is 1. The highest BCUT2D eigenvalue weighted by Gasteiger charge is 2.42. The number of nitrogens with zero attached hydrogens (tertiary/aromatic N) is 4. The van der Waals surface area contributed by atoms with Gasteiger partial charge in [0.1, 0.15) is 5.66 Å². The van der Waals surface area contributed by atoms with Gasteiger partial charge in [0.15, 0.2) is 0 Å². The summed E-state index contributed by atoms with van der Waals surface area (Å²) < 4.78 is 0. The van der Waals surface area contributed by atoms with Crippen LogP contribution in [0.5, 0.6) is 0 Å². The predicted molar refractivity (Wildman–Crippen MR) is 137 cm³/mol. The second-order valence-electron chi connectivity index (χ2n) is 8.68. The third kappa shape index (κ3) is 4.01. The summed E-state index contributed by atoms with van der Waals surface area (Å²) in [5, 5.41) is 0. The molecule has 1 fully saturated rings. The molecule has 4 N–H and O–H groups in total. The molecular weight excluding hydrogens is 424 g/mol. The summed E-state index contributed by atoms with van der Waals surface area (Å²) in [7, 11) is 0. The van der Waals surface area contributed by atoms with Gasteiger partial charge in [0.25, 0.3) is 5.91 Å². The summed E-state index contributed by atoms with van der Waals surface area (Å²) >= 11 is 0. The number of aliphatic imine (C=N–C) groups is 2. The monoisotopic (exact) mass is 452 g/mol. The number of nitrogens with two attached hydrogens (primary N) is 2. The first kappa shape index (κ1) is 21.7. The number of amides is 1. The highest BCUT2D eigenvalue weighted by Crippen LogP contribution is 2.40. The van der Waals surface area contributed by atoms with E-state index in [0.29, 0.717) is 11.5 Å². The highest BCUT2D eigenvalue weighted by molar-refractivity contribution is 6.11. The van der Waals surface area contributed by atoms with Crippen LogP contribution in [0.25, 0.3) is 0 Å². The zero-order chi connectivity index (χ0) is 23.5. The Bertz CT molecular complexity index is 1210. The van der Waals surface area contributed by atoms with Crippen molar-refractivity contribution in [1.29, 1.82) is 0 Å². The van der Waals surface area contributed by atoms with Gasteiger partial charge in [0.05, 0.1) is 0 Å². The van der Waals surface area contributed by atoms with Gasteiger partial charge >= 0.3 is 0 Å². The molecule has 0 radical (unpaired) electrons. The molecule has 1 spiro atoms. The van der Waals surface area contributed by atoms with Crippen molar-refractivity contribution >= 4 is 34.9 Å². The number of benzene rings is 3. The van der Waals surface area contributed by atoms with Crippen LogP contribution in [0, 0.1) is 0 Å². The van der Waals surface area contributed by atoms with Gasteiger partial charge in [0.2, 0.25) is 11.9 Å². The van der Waals surface area contributed by atoms with E-state index in [1.54, 1.807) is 4.90 Å². The molecule has 1 saturated carbocycles. The van der Waals surface area contributed by atoms with Crippen LogP contribution in [-0.2, 0) is 0 Å². The Kier molecular flexibility index (Phi) is 5.76. The molecule has 0 aromatic heterocycles. The maximum atomic E-state index is 13.5. The van der Waals surface area contributed by atoms with E-state index < -0.39 is 5.66 Å². The molecule has 3 aromatic carbocycles. The first-order valence-corrected chi connectivity index (χ1v) is 11.6. The van der Waals surface area contributed by atoms with Crippen molar-refractivity contribution in [2.75, 3.05) is 9.80 Å². The van der Waals surface area contributed by atoms with E-state index in [2.05, 4.69) is 4.99 Å². The van der Waals surface area contributed by atoms with Crippen molar-refractivity contribution in [1.82, 2.24) is 0 Å². The molecule has 1 amide bonds. The molecule has 5 rings (SSSR count). The van der Waals surface area contributed by atoms with Crippen LogP contribution in [0.1, 0.15) is 42.5 Å². The lowest BCUT2D eigenvalue weighted by Crippen LogP contribution is -2.58. The quantitative estimate of drug-likeness (QED) is 0.595. The summed E-state index contributed by atoms with van der Waals surface area (Å²) in [6.07, 6.45) is 5.04. The van der Waals surface area contributed by atoms with Crippen LogP contribution in [-0.4, -0.2) is 23.5 Å². The van der Waals surface area contributed by atoms with Gasteiger partial charge in [-0.3, -0.25) is 14.6 Å². The van der Waals surface area contributed by atoms with E-state index in [1.165, 1.54) is 6.42 Å². The van der Waals surface area contributed by atoms with E-state index >= 15 is 0 Å². The lowest BCUT2D eigenvalue weighted by molar-refractivity contribution is 0.0999. The third-order valence-electron chi connectivity index (χ3n) is 6.46. The van der Waals surface area contributed by atoms with E-state index in [4.69, 9.17) is 16.5 Å². The predicted octanol–water partition coefficient (Wildman–Crippen LogP) is 4.77. The summed E-state index contributed by atoms with van der Waals surface area (Å²) in [4.78, 5) is 26.2. The maximum Gasteiger partial charge on any atom is 0.262 e. The Morgan fingerprint density at radius 1 is 0.794 bits per heavy atom. The van der Waals surface area contributed by atoms with Crippen molar-refractivity contribution < 1.29 is 4.79 Å². The van der Waals surface area contributed by atoms with Crippen LogP contribution >= 0.6 is 0 Å². The van der Waals surface area contributed by atoms with Crippen LogP contribution < -0.4 is 21.3 Å². The first-order chi connectivity index (χ1) is 16.6. The molecule has 1 aliphatic carbocycles. The number of anilines is 3. The van der Waals surface area contributed by atoms with Gasteiger partial charge in [-0.25, -0.2) is 4.99 Å². The summed E-state index contributed by atoms with van der Waals surface area (Å²) in [6, 6.07) is 26.8. The Balaban J connectivity index is 1.52. The molecule has 3 aromatic rings. The number of hydrogen-bond acceptors (Lipinski definition) is 6. The highest BCUT2D eigenvalue weighted by atomic mass is 16.2. The Morgan fingerprint density at radius 3 is 2.03 bits per heavy atom. The number of carbonyl (C=O) groups is 1. The molecule has 0 unspecified atom stereocenters. The molecule has 1 heterocycles. The van der Waals surface area contributed by atoms with Gasteiger partial charge in [-0.15, -0.1) is 0 Å². The fourth-order valence-corrected chi connectivity index (χ4v) is 4.92. The van der Waals surface area contributed by atoms with E-state index in [9.17, 15) is 4.79 Å². The van der Waals surface area contributed by atoms with Crippen LogP contribution in [0.3, 0.4) is 0 Å². The summed E-state index contributed by atoms with van der Waals surface area (Å²) in [5.74, 6) is 0.484. The molecule has 7 heteroatoms. The van der Waals surface area contributed by atoms with Crippen LogP contribution in [0.15, 0.2) is 94.9 Å². The van der Waals surface area contributed by atoms with Crippen molar-refractivity contribution in [3.05, 3.63) is 90.5 Å². The molecule has 1 aliphatic heterocycles. The van der Waals surface area contributed by atoms with Gasteiger partial charge in [-0.1, -0.05) is 42.8 Å². The lowest BCUT2D eigenvalue weighted by Gasteiger charge is -2.45. The molecule has 0 bridgehead atoms. The topological polar surface area (TPSA) is 100 Å². The molecular formula is C27H28N6O. The van der Waals surface area contributed by atoms with Gasteiger partial charge in [0, 0.05) is 22.6 Å². The Labute approximate surface area is 199 Å². The molecule has 2 aliphatic rings. The minimum Gasteiger partial charge on any atom is -0.369 e. The normalized spacial score (nSPS) is 17.1. The smallest absolute Gasteiger partial charge is 0.262 e. The Hall–Kier alpha value is -4.13. The number of rotatable bonds is 4. The maximum absolute atomic E-state index is 13.5. The van der Waals surface area contributed by atoms with Crippen LogP contribution in [0.4, 0.5) is 17.1 Å². The minimum atomic E-state index is -0.505. The van der Waals surface area contributed by atoms with Crippen molar-refractivity contribution in [3.8, 4) is 0 Å². The number of guanidine groups is 2. The zero-order valence-electron chi connectivity index (χ0n) is 19.0. The van der Waals surface area contributed by atoms with Gasteiger partial charge in [-0.2, -0.15) is 4.99 Å². The SMILES string of the molecule is NC1=NC2(CCCCC2)N(c2ccc(N(C(=O)c3ccccc3)c3ccccc3)cc2)C(N)=N1. The largest absolute Gasteiger partial charge is 0.369 e. The molecule has 34 heavy (non-hydrogen) atoms. The summed E-state index contributed by atoms with van der Waals surface area (Å²) in [5.41, 5.74) is 14.9. The molecule has 7 nitrogen and oxygen atoms in total. The van der Waals surface area contributed by atoms with Gasteiger partial charge in [-0.05, 0) is 74.2 Å². The average molecular weight is 453 g/mol. The van der Waals surface area contributed by atoms with E-state index in [1.807, 2.05) is 89.8 Å². The standard InChI is InChI=1S/C27H28N6O/c28-25-30-26(29)33(27(31-25)18-8-3-9-19-27)23-16-14-22(15-17-23)32(21-12-6-2-7-13-21)24(34)20-10-4-1-5-11-20/h1-2,4-7,10-17H,3,8-9,18-19H2,(H4,28,29,30,31). The first-order valence-electron chi connectivity index (χ1n) is 11.6. The fourth-order valence-electron chi connectivity index (χ4n) is 4.92. The molecule has 0 atom stereocenters. The van der Waals surface area contributed by atoms with Crippen LogP contribution in [0.2, 0.25) is 0 Å². The lowest BCUT2D eigenvalue weighted by atomic mass is 9.87. The number of hydrogen-bond donors (Lipinski definition) is 2. The van der Waals surface area contributed by atoms with Gasteiger partial charge < -0.3 is 11.5 Å². The van der Waals surface area contributed by atoms with E-state index in [0.717, 1.165) is 42.7 Å². The number of carbonyl (C=O) groups excluding carboxylic acids is 1. The van der Waals surface area contributed by atoms with Crippen molar-refractivity contribution in [3.63, 3.8) is 0 Å². The Morgan fingerprint density at radius 2 is 1.38 bits per heavy atom. The van der Waals surface area contributed by atoms with Crippen molar-refractivity contribution in [2.24, 2.45) is 21.5 Å². The molecule has 172 valence electrons.